The molecule has 53 heavy (non-hydrogen) atoms. The number of para-hydroxylation sites is 2. The van der Waals surface area contributed by atoms with Gasteiger partial charge < -0.3 is 9.13 Å². The Bertz CT molecular complexity index is 2840. The second-order valence-electron chi connectivity index (χ2n) is 13.7. The average Bonchev–Trinajstić information content (AvgIpc) is 3.73. The number of hydrogen-bond acceptors (Lipinski definition) is 0. The molecule has 2 nitrogen and oxygen atoms in total. The van der Waals surface area contributed by atoms with Crippen molar-refractivity contribution < 1.29 is 0 Å². The summed E-state index contributed by atoms with van der Waals surface area (Å²) in [6.45, 7) is 5.25. The van der Waals surface area contributed by atoms with E-state index in [-0.39, 0.29) is 0 Å². The van der Waals surface area contributed by atoms with E-state index in [1.165, 1.54) is 88.1 Å². The summed E-state index contributed by atoms with van der Waals surface area (Å²) in [5.74, 6) is 0. The molecule has 0 unspecified atom stereocenters. The van der Waals surface area contributed by atoms with Crippen LogP contribution in [-0.4, -0.2) is 9.13 Å². The molecule has 0 atom stereocenters. The monoisotopic (exact) mass is 676 g/mol. The summed E-state index contributed by atoms with van der Waals surface area (Å²) in [6.07, 6.45) is 1.75. The molecule has 0 N–H and O–H groups in total. The number of aromatic nitrogens is 2. The van der Waals surface area contributed by atoms with Gasteiger partial charge >= 0.3 is 0 Å². The van der Waals surface area contributed by atoms with Crippen molar-refractivity contribution in [3.8, 4) is 56.1 Å². The van der Waals surface area contributed by atoms with Gasteiger partial charge in [0.15, 0.2) is 0 Å². The maximum atomic E-state index is 3.36. The third kappa shape index (κ3) is 4.73. The van der Waals surface area contributed by atoms with Crippen molar-refractivity contribution in [1.82, 2.24) is 9.13 Å². The molecular weight excluding hydrogens is 641 g/mol. The van der Waals surface area contributed by atoms with Gasteiger partial charge in [0.1, 0.15) is 0 Å². The highest BCUT2D eigenvalue weighted by Gasteiger charge is 2.31. The molecule has 1 aliphatic carbocycles. The predicted octanol–water partition coefficient (Wildman–Crippen LogP) is 14.1. The maximum Gasteiger partial charge on any atom is 0.0625 e. The van der Waals surface area contributed by atoms with E-state index in [1.54, 1.807) is 6.08 Å². The predicted molar refractivity (Wildman–Crippen MR) is 226 cm³/mol. The maximum absolute atomic E-state index is 3.36. The van der Waals surface area contributed by atoms with Crippen LogP contribution in [0.4, 0.5) is 0 Å². The number of fused-ring (bicyclic) bond motifs is 14. The van der Waals surface area contributed by atoms with Crippen molar-refractivity contribution in [3.63, 3.8) is 0 Å². The Hall–Kier alpha value is -6.90. The van der Waals surface area contributed by atoms with Gasteiger partial charge in [0, 0.05) is 44.4 Å². The molecule has 0 amide bonds. The fourth-order valence-electron chi connectivity index (χ4n) is 8.52. The molecule has 1 aliphatic rings. The first-order valence-electron chi connectivity index (χ1n) is 18.3. The molecular formula is C51H36N2. The van der Waals surface area contributed by atoms with E-state index < -0.39 is 0 Å². The van der Waals surface area contributed by atoms with Crippen LogP contribution in [0.15, 0.2) is 195 Å². The van der Waals surface area contributed by atoms with Crippen LogP contribution in [0.25, 0.3) is 99.5 Å². The highest BCUT2D eigenvalue weighted by molar-refractivity contribution is 6.17. The largest absolute Gasteiger partial charge is 0.309 e. The van der Waals surface area contributed by atoms with Crippen LogP contribution in [-0.2, 0) is 0 Å². The minimum Gasteiger partial charge on any atom is -0.309 e. The molecule has 2 heteroatoms. The first-order valence-corrected chi connectivity index (χ1v) is 18.3. The zero-order valence-corrected chi connectivity index (χ0v) is 29.5. The van der Waals surface area contributed by atoms with Crippen LogP contribution in [0.5, 0.6) is 0 Å². The molecule has 0 aliphatic heterocycles. The Labute approximate surface area is 309 Å². The summed E-state index contributed by atoms with van der Waals surface area (Å²) >= 11 is 0. The van der Waals surface area contributed by atoms with Gasteiger partial charge in [-0.25, -0.2) is 0 Å². The molecule has 0 radical (unpaired) electrons. The summed E-state index contributed by atoms with van der Waals surface area (Å²) in [5, 5.41) is 7.44. The van der Waals surface area contributed by atoms with Crippen LogP contribution in [0, 0.1) is 0 Å². The van der Waals surface area contributed by atoms with Gasteiger partial charge in [-0.05, 0) is 76.0 Å². The third-order valence-corrected chi connectivity index (χ3v) is 10.6. The second kappa shape index (κ2) is 12.4. The lowest BCUT2D eigenvalue weighted by molar-refractivity contribution is 1.13. The summed E-state index contributed by atoms with van der Waals surface area (Å²) in [4.78, 5) is 0. The number of hydrogen-bond donors (Lipinski definition) is 0. The van der Waals surface area contributed by atoms with Crippen molar-refractivity contribution in [2.45, 2.75) is 6.92 Å². The molecule has 10 aromatic rings. The number of nitrogens with zero attached hydrogens (tertiary/aromatic N) is 2. The lowest BCUT2D eigenvalue weighted by Crippen LogP contribution is -2.03. The van der Waals surface area contributed by atoms with E-state index >= 15 is 0 Å². The zero-order valence-electron chi connectivity index (χ0n) is 29.5. The number of rotatable bonds is 2. The fourth-order valence-corrected chi connectivity index (χ4v) is 8.52. The van der Waals surface area contributed by atoms with Gasteiger partial charge in [0.2, 0.25) is 0 Å². The number of allylic oxidation sites excluding steroid dienone is 1. The minimum absolute atomic E-state index is 1.16. The molecule has 0 saturated carbocycles. The van der Waals surface area contributed by atoms with Crippen LogP contribution < -0.4 is 0 Å². The molecule has 0 saturated heterocycles. The zero-order chi connectivity index (χ0) is 35.5. The van der Waals surface area contributed by atoms with Gasteiger partial charge in [-0.15, -0.1) is 6.58 Å². The van der Waals surface area contributed by atoms with Crippen molar-refractivity contribution in [2.24, 2.45) is 0 Å². The average molecular weight is 677 g/mol. The van der Waals surface area contributed by atoms with Crippen molar-refractivity contribution in [1.29, 1.82) is 0 Å². The van der Waals surface area contributed by atoms with Gasteiger partial charge in [0.25, 0.3) is 0 Å². The highest BCUT2D eigenvalue weighted by atomic mass is 15.0. The second-order valence-corrected chi connectivity index (χ2v) is 13.7. The molecule has 2 heterocycles. The summed E-state index contributed by atoms with van der Waals surface area (Å²) in [5.41, 5.74) is 14.6. The number of benzene rings is 8. The summed E-state index contributed by atoms with van der Waals surface area (Å²) in [6, 6.07) is 67.0. The van der Waals surface area contributed by atoms with Crippen molar-refractivity contribution >= 4 is 43.4 Å². The Morgan fingerprint density at radius 3 is 1.15 bits per heavy atom. The first-order chi connectivity index (χ1) is 26.2. The minimum atomic E-state index is 1.16. The third-order valence-electron chi connectivity index (χ3n) is 10.6. The van der Waals surface area contributed by atoms with Crippen LogP contribution in [0.3, 0.4) is 0 Å². The molecule has 8 aromatic carbocycles. The Morgan fingerprint density at radius 1 is 0.377 bits per heavy atom. The lowest BCUT2D eigenvalue weighted by Gasteiger charge is -2.23. The van der Waals surface area contributed by atoms with Gasteiger partial charge in [-0.3, -0.25) is 0 Å². The van der Waals surface area contributed by atoms with E-state index in [1.807, 2.05) is 6.92 Å². The molecule has 0 bridgehead atoms. The van der Waals surface area contributed by atoms with E-state index in [0.717, 1.165) is 11.4 Å². The van der Waals surface area contributed by atoms with E-state index in [9.17, 15) is 0 Å². The Kier molecular flexibility index (Phi) is 7.23. The topological polar surface area (TPSA) is 9.86 Å². The van der Waals surface area contributed by atoms with Crippen LogP contribution in [0.2, 0.25) is 0 Å². The van der Waals surface area contributed by atoms with Crippen molar-refractivity contribution in [3.05, 3.63) is 195 Å². The van der Waals surface area contributed by atoms with Gasteiger partial charge in [0.05, 0.1) is 22.4 Å². The molecule has 250 valence electrons. The van der Waals surface area contributed by atoms with Gasteiger partial charge in [-0.2, -0.15) is 0 Å². The SMILES string of the molecule is C=CC.c1ccc2c(c1)-c1c(n(-c3ccc4ccccc4c3)c3ccccc13)-c1ccccc1-c1c-2n(-c2ccc3ccccc3c2)c2ccccc12. The Balaban J connectivity index is 0.00000113. The molecule has 0 spiro atoms. The molecule has 2 aromatic heterocycles. The molecule has 0 fully saturated rings. The van der Waals surface area contributed by atoms with E-state index in [2.05, 4.69) is 198 Å². The highest BCUT2D eigenvalue weighted by Crippen LogP contribution is 2.54. The smallest absolute Gasteiger partial charge is 0.0625 e. The Morgan fingerprint density at radius 2 is 0.717 bits per heavy atom. The quantitative estimate of drug-likeness (QED) is 0.161. The summed E-state index contributed by atoms with van der Waals surface area (Å²) < 4.78 is 5.00. The summed E-state index contributed by atoms with van der Waals surface area (Å²) in [7, 11) is 0. The molecule has 11 rings (SSSR count). The van der Waals surface area contributed by atoms with Crippen LogP contribution in [0.1, 0.15) is 6.92 Å². The normalized spacial score (nSPS) is 11.6. The van der Waals surface area contributed by atoms with Gasteiger partial charge in [-0.1, -0.05) is 152 Å². The van der Waals surface area contributed by atoms with Crippen molar-refractivity contribution in [2.75, 3.05) is 0 Å². The van der Waals surface area contributed by atoms with E-state index in [0.29, 0.717) is 0 Å². The standard InChI is InChI=1S/C48H30N2.C3H6/c1-3-15-33-29-35(27-25-31(33)13-1)49-43-23-11-9-21-41(43)45-38-18-6-8-20-40(38)48-46(37-17-5-7-19-39(37)47(45)49)42-22-10-12-24-44(42)50(48)36-28-26-32-14-2-4-16-34(32)30-36;1-3-2/h1-30H;3H,1H2,2H3. The van der Waals surface area contributed by atoms with E-state index in [4.69, 9.17) is 0 Å². The first kappa shape index (κ1) is 30.9. The fraction of sp³-hybridized carbons (Fsp3) is 0.0196. The lowest BCUT2D eigenvalue weighted by atomic mass is 9.84. The van der Waals surface area contributed by atoms with Crippen LogP contribution >= 0.6 is 0 Å².